The van der Waals surface area contributed by atoms with E-state index in [1.165, 1.54) is 29.2 Å². The lowest BCUT2D eigenvalue weighted by Gasteiger charge is -2.28. The fourth-order valence-electron chi connectivity index (χ4n) is 3.04. The van der Waals surface area contributed by atoms with Gasteiger partial charge in [0.2, 0.25) is 0 Å². The minimum absolute atomic E-state index is 0.0291. The van der Waals surface area contributed by atoms with Gasteiger partial charge in [0.1, 0.15) is 24.2 Å². The smallest absolute Gasteiger partial charge is 0.307 e. The number of rotatable bonds is 4. The topological polar surface area (TPSA) is 141 Å². The Bertz CT molecular complexity index is 926. The van der Waals surface area contributed by atoms with E-state index in [9.17, 15) is 20.0 Å². The summed E-state index contributed by atoms with van der Waals surface area (Å²) in [6.07, 6.45) is 1.86. The molecule has 1 aromatic heterocycles. The first-order valence-corrected chi connectivity index (χ1v) is 8.12. The van der Waals surface area contributed by atoms with Crippen LogP contribution in [0.4, 0.5) is 5.69 Å². The number of benzene rings is 1. The molecule has 11 nitrogen and oxygen atoms in total. The van der Waals surface area contributed by atoms with Crippen molar-refractivity contribution in [3.8, 4) is 5.75 Å². The first-order valence-electron chi connectivity index (χ1n) is 8.12. The number of nitro groups is 1. The number of hydrazone groups is 1. The summed E-state index contributed by atoms with van der Waals surface area (Å²) in [7, 11) is 0. The van der Waals surface area contributed by atoms with Crippen LogP contribution in [0.3, 0.4) is 0 Å². The SMILES string of the molecule is O=C(N/N=C1\C[C@@H](n2cc([N+](=O)[O-])cn2)[C@H]2CO[C@@H]1O2)c1cccc(O)c1. The molecule has 3 atom stereocenters. The minimum atomic E-state index is -0.679. The van der Waals surface area contributed by atoms with Crippen LogP contribution in [-0.4, -0.2) is 50.4 Å². The summed E-state index contributed by atoms with van der Waals surface area (Å²) in [5, 5.41) is 28.4. The molecule has 1 aromatic carbocycles. The highest BCUT2D eigenvalue weighted by atomic mass is 16.7. The first-order chi connectivity index (χ1) is 13.0. The number of aromatic hydroxyl groups is 1. The zero-order valence-corrected chi connectivity index (χ0v) is 13.9. The predicted octanol–water partition coefficient (Wildman–Crippen LogP) is 0.969. The summed E-state index contributed by atoms with van der Waals surface area (Å²) >= 11 is 0. The fraction of sp³-hybridized carbons (Fsp3) is 0.312. The third-order valence-electron chi connectivity index (χ3n) is 4.38. The van der Waals surface area contributed by atoms with Crippen LogP contribution in [0.5, 0.6) is 5.75 Å². The average Bonchev–Trinajstić information content (AvgIpc) is 3.30. The molecular weight excluding hydrogens is 358 g/mol. The van der Waals surface area contributed by atoms with Gasteiger partial charge in [-0.25, -0.2) is 5.43 Å². The van der Waals surface area contributed by atoms with Crippen molar-refractivity contribution in [3.05, 3.63) is 52.3 Å². The average molecular weight is 373 g/mol. The molecule has 2 aromatic rings. The van der Waals surface area contributed by atoms with Crippen LogP contribution in [0.1, 0.15) is 22.8 Å². The molecule has 2 aliphatic heterocycles. The van der Waals surface area contributed by atoms with Crippen LogP contribution in [0.25, 0.3) is 0 Å². The van der Waals surface area contributed by atoms with Gasteiger partial charge in [-0.3, -0.25) is 19.6 Å². The summed E-state index contributed by atoms with van der Waals surface area (Å²) in [4.78, 5) is 22.5. The molecule has 3 heterocycles. The van der Waals surface area contributed by atoms with Crippen molar-refractivity contribution in [2.24, 2.45) is 5.10 Å². The van der Waals surface area contributed by atoms with Gasteiger partial charge in [-0.2, -0.15) is 10.2 Å². The molecule has 4 rings (SSSR count). The summed E-state index contributed by atoms with van der Waals surface area (Å²) in [5.74, 6) is -0.525. The van der Waals surface area contributed by atoms with Gasteiger partial charge in [-0.15, -0.1) is 0 Å². The summed E-state index contributed by atoms with van der Waals surface area (Å²) in [6.45, 7) is 0.294. The molecule has 2 bridgehead atoms. The standard InChI is InChI=1S/C16H15N5O6/c22-11-3-1-2-9(4-11)15(23)19-18-12-5-13(14-8-26-16(12)27-14)20-7-10(6-17-20)21(24)25/h1-4,6-7,13-14,16,22H,5,8H2,(H,19,23)/b18-12+/t13-,14-,16-/m1/s1. The molecule has 2 saturated heterocycles. The van der Waals surface area contributed by atoms with Crippen molar-refractivity contribution in [2.45, 2.75) is 24.9 Å². The Kier molecular flexibility index (Phi) is 4.30. The van der Waals surface area contributed by atoms with Crippen molar-refractivity contribution in [3.63, 3.8) is 0 Å². The lowest BCUT2D eigenvalue weighted by molar-refractivity contribution is -0.385. The Labute approximate surface area is 152 Å². The molecule has 0 aliphatic carbocycles. The highest BCUT2D eigenvalue weighted by Crippen LogP contribution is 2.33. The number of fused-ring (bicyclic) bond motifs is 2. The van der Waals surface area contributed by atoms with E-state index in [0.717, 1.165) is 0 Å². The van der Waals surface area contributed by atoms with Crippen LogP contribution in [0, 0.1) is 10.1 Å². The molecule has 140 valence electrons. The monoisotopic (exact) mass is 373 g/mol. The van der Waals surface area contributed by atoms with Gasteiger partial charge in [-0.1, -0.05) is 6.07 Å². The first kappa shape index (κ1) is 17.1. The number of carbonyl (C=O) groups excluding carboxylic acids is 1. The maximum absolute atomic E-state index is 12.2. The quantitative estimate of drug-likeness (QED) is 0.601. The molecule has 27 heavy (non-hydrogen) atoms. The minimum Gasteiger partial charge on any atom is -0.508 e. The number of nitrogens with one attached hydrogen (secondary N) is 1. The molecule has 0 saturated carbocycles. The molecule has 0 radical (unpaired) electrons. The third kappa shape index (κ3) is 3.37. The van der Waals surface area contributed by atoms with Gasteiger partial charge in [-0.05, 0) is 18.2 Å². The second-order valence-corrected chi connectivity index (χ2v) is 6.14. The number of hydrogen-bond acceptors (Lipinski definition) is 8. The molecule has 0 unspecified atom stereocenters. The van der Waals surface area contributed by atoms with Crippen LogP contribution in [0.15, 0.2) is 41.8 Å². The van der Waals surface area contributed by atoms with Crippen molar-refractivity contribution in [2.75, 3.05) is 6.61 Å². The molecule has 2 aliphatic rings. The van der Waals surface area contributed by atoms with E-state index in [0.29, 0.717) is 18.7 Å². The van der Waals surface area contributed by atoms with E-state index < -0.39 is 17.1 Å². The highest BCUT2D eigenvalue weighted by molar-refractivity contribution is 5.96. The number of phenolic OH excluding ortho intramolecular Hbond substituents is 1. The Balaban J connectivity index is 1.51. The zero-order chi connectivity index (χ0) is 19.0. The van der Waals surface area contributed by atoms with E-state index in [-0.39, 0.29) is 29.1 Å². The molecule has 2 fully saturated rings. The van der Waals surface area contributed by atoms with E-state index in [1.54, 1.807) is 12.1 Å². The van der Waals surface area contributed by atoms with Gasteiger partial charge in [0, 0.05) is 12.0 Å². The van der Waals surface area contributed by atoms with Crippen molar-refractivity contribution < 1.29 is 24.3 Å². The van der Waals surface area contributed by atoms with Crippen molar-refractivity contribution in [1.29, 1.82) is 0 Å². The molecular formula is C16H15N5O6. The summed E-state index contributed by atoms with van der Waals surface area (Å²) in [6, 6.07) is 5.53. The second kappa shape index (κ2) is 6.78. The fourth-order valence-corrected chi connectivity index (χ4v) is 3.04. The van der Waals surface area contributed by atoms with E-state index in [2.05, 4.69) is 15.6 Å². The van der Waals surface area contributed by atoms with E-state index >= 15 is 0 Å². The Hall–Kier alpha value is -3.31. The Morgan fingerprint density at radius 2 is 2.33 bits per heavy atom. The van der Waals surface area contributed by atoms with Crippen LogP contribution in [0.2, 0.25) is 0 Å². The molecule has 1 amide bonds. The third-order valence-corrected chi connectivity index (χ3v) is 4.38. The normalized spacial score (nSPS) is 25.5. The largest absolute Gasteiger partial charge is 0.508 e. The van der Waals surface area contributed by atoms with E-state index in [1.807, 2.05) is 0 Å². The number of carbonyl (C=O) groups is 1. The Morgan fingerprint density at radius 1 is 1.48 bits per heavy atom. The van der Waals surface area contributed by atoms with E-state index in [4.69, 9.17) is 9.47 Å². The lowest BCUT2D eigenvalue weighted by atomic mass is 10.0. The predicted molar refractivity (Wildman–Crippen MR) is 90.2 cm³/mol. The summed E-state index contributed by atoms with van der Waals surface area (Å²) < 4.78 is 12.7. The number of hydrogen-bond donors (Lipinski definition) is 2. The van der Waals surface area contributed by atoms with Crippen molar-refractivity contribution in [1.82, 2.24) is 15.2 Å². The number of amides is 1. The maximum atomic E-state index is 12.2. The van der Waals surface area contributed by atoms with Gasteiger partial charge in [0.15, 0.2) is 6.29 Å². The second-order valence-electron chi connectivity index (χ2n) is 6.14. The number of phenols is 1. The number of ether oxygens (including phenoxy) is 2. The highest BCUT2D eigenvalue weighted by Gasteiger charge is 2.43. The zero-order valence-electron chi connectivity index (χ0n) is 13.9. The Morgan fingerprint density at radius 3 is 3.07 bits per heavy atom. The molecule has 11 heteroatoms. The molecule has 2 N–H and O–H groups in total. The van der Waals surface area contributed by atoms with Gasteiger partial charge in [0.25, 0.3) is 5.91 Å². The number of nitrogens with zero attached hydrogens (tertiary/aromatic N) is 4. The van der Waals surface area contributed by atoms with Crippen molar-refractivity contribution >= 4 is 17.3 Å². The van der Waals surface area contributed by atoms with Crippen LogP contribution >= 0.6 is 0 Å². The lowest BCUT2D eigenvalue weighted by Crippen LogP contribution is -2.38. The van der Waals surface area contributed by atoms with Gasteiger partial charge >= 0.3 is 5.69 Å². The van der Waals surface area contributed by atoms with Gasteiger partial charge < -0.3 is 14.6 Å². The summed E-state index contributed by atoms with van der Waals surface area (Å²) in [5.41, 5.74) is 2.99. The van der Waals surface area contributed by atoms with Gasteiger partial charge in [0.05, 0.1) is 23.3 Å². The molecule has 0 spiro atoms. The number of aromatic nitrogens is 2. The maximum Gasteiger partial charge on any atom is 0.307 e. The van der Waals surface area contributed by atoms with Crippen LogP contribution in [-0.2, 0) is 9.47 Å². The van der Waals surface area contributed by atoms with Crippen LogP contribution < -0.4 is 5.43 Å².